The van der Waals surface area contributed by atoms with Crippen molar-refractivity contribution >= 4 is 17.6 Å². The quantitative estimate of drug-likeness (QED) is 0.702. The number of benzene rings is 1. The van der Waals surface area contributed by atoms with Crippen molar-refractivity contribution in [2.24, 2.45) is 10.6 Å². The Hall–Kier alpha value is -2.37. The fourth-order valence-electron chi connectivity index (χ4n) is 4.21. The number of rotatable bonds is 6. The van der Waals surface area contributed by atoms with Crippen molar-refractivity contribution < 1.29 is 19.2 Å². The molecule has 152 valence electrons. The number of oxime groups is 1. The van der Waals surface area contributed by atoms with E-state index in [1.807, 2.05) is 30.9 Å². The summed E-state index contributed by atoms with van der Waals surface area (Å²) in [5.74, 6) is -0.0358. The Bertz CT molecular complexity index is 751. The summed E-state index contributed by atoms with van der Waals surface area (Å²) in [5, 5.41) is 4.31. The first-order valence-corrected chi connectivity index (χ1v) is 10.2. The van der Waals surface area contributed by atoms with Crippen molar-refractivity contribution in [3.63, 3.8) is 0 Å². The van der Waals surface area contributed by atoms with Crippen molar-refractivity contribution in [3.8, 4) is 0 Å². The minimum atomic E-state index is -0.609. The molecule has 0 unspecified atom stereocenters. The molecule has 1 saturated heterocycles. The fourth-order valence-corrected chi connectivity index (χ4v) is 4.21. The van der Waals surface area contributed by atoms with Crippen LogP contribution in [0.5, 0.6) is 0 Å². The van der Waals surface area contributed by atoms with Crippen molar-refractivity contribution in [3.05, 3.63) is 35.4 Å². The van der Waals surface area contributed by atoms with Gasteiger partial charge in [-0.1, -0.05) is 36.3 Å². The van der Waals surface area contributed by atoms with E-state index < -0.39 is 5.41 Å². The molecule has 3 rings (SSSR count). The van der Waals surface area contributed by atoms with Gasteiger partial charge in [0.05, 0.1) is 17.7 Å². The van der Waals surface area contributed by atoms with Gasteiger partial charge in [0, 0.05) is 37.9 Å². The lowest BCUT2D eigenvalue weighted by molar-refractivity contribution is -0.163. The molecule has 2 heterocycles. The van der Waals surface area contributed by atoms with Crippen LogP contribution in [-0.2, 0) is 19.2 Å². The molecule has 1 aromatic carbocycles. The third kappa shape index (κ3) is 4.21. The van der Waals surface area contributed by atoms with Gasteiger partial charge in [0.2, 0.25) is 5.91 Å². The summed E-state index contributed by atoms with van der Waals surface area (Å²) >= 11 is 0. The number of carbonyl (C=O) groups is 2. The maximum Gasteiger partial charge on any atom is 0.312 e. The summed E-state index contributed by atoms with van der Waals surface area (Å²) in [7, 11) is 0. The van der Waals surface area contributed by atoms with Crippen LogP contribution in [0.3, 0.4) is 0 Å². The molecule has 0 radical (unpaired) electrons. The summed E-state index contributed by atoms with van der Waals surface area (Å²) < 4.78 is 5.41. The van der Waals surface area contributed by atoms with Gasteiger partial charge >= 0.3 is 5.97 Å². The predicted octanol–water partition coefficient (Wildman–Crippen LogP) is 3.46. The molecular weight excluding hydrogens is 356 g/mol. The molecule has 1 amide bonds. The third-order valence-corrected chi connectivity index (χ3v) is 5.89. The summed E-state index contributed by atoms with van der Waals surface area (Å²) in [6.07, 6.45) is 2.81. The predicted molar refractivity (Wildman–Crippen MR) is 107 cm³/mol. The van der Waals surface area contributed by atoms with E-state index in [-0.39, 0.29) is 18.0 Å². The summed E-state index contributed by atoms with van der Waals surface area (Å²) in [6, 6.07) is 8.12. The van der Waals surface area contributed by atoms with Gasteiger partial charge in [0.1, 0.15) is 6.10 Å². The van der Waals surface area contributed by atoms with E-state index >= 15 is 0 Å². The van der Waals surface area contributed by atoms with Crippen LogP contribution >= 0.6 is 0 Å². The number of likely N-dealkylation sites (tertiary alicyclic amines) is 1. The topological polar surface area (TPSA) is 68.2 Å². The Kier molecular flexibility index (Phi) is 6.37. The van der Waals surface area contributed by atoms with Crippen molar-refractivity contribution in [2.75, 3.05) is 19.7 Å². The molecule has 6 nitrogen and oxygen atoms in total. The Labute approximate surface area is 166 Å². The lowest BCUT2D eigenvalue weighted by Crippen LogP contribution is -2.48. The highest BCUT2D eigenvalue weighted by Gasteiger charge is 2.46. The first-order valence-electron chi connectivity index (χ1n) is 10.2. The molecule has 2 aliphatic rings. The van der Waals surface area contributed by atoms with E-state index in [0.717, 1.165) is 16.8 Å². The van der Waals surface area contributed by atoms with Gasteiger partial charge < -0.3 is 14.5 Å². The molecule has 0 saturated carbocycles. The number of nitrogens with zero attached hydrogens (tertiary/aromatic N) is 2. The lowest BCUT2D eigenvalue weighted by atomic mass is 9.73. The number of aryl methyl sites for hydroxylation is 1. The Balaban J connectivity index is 1.69. The number of amides is 1. The molecule has 28 heavy (non-hydrogen) atoms. The fraction of sp³-hybridized carbons (Fsp3) is 0.591. The van der Waals surface area contributed by atoms with Gasteiger partial charge in [-0.2, -0.15) is 0 Å². The number of esters is 1. The second-order valence-corrected chi connectivity index (χ2v) is 7.72. The van der Waals surface area contributed by atoms with Crippen LogP contribution in [0.4, 0.5) is 0 Å². The molecular formula is C22H30N2O4. The largest absolute Gasteiger partial charge is 0.466 e. The number of carbonyl (C=O) groups excluding carboxylic acids is 2. The zero-order valence-corrected chi connectivity index (χ0v) is 17.1. The second kappa shape index (κ2) is 8.76. The molecule has 6 heteroatoms. The highest BCUT2D eigenvalue weighted by molar-refractivity contribution is 6.02. The number of hydrogen-bond donors (Lipinski definition) is 0. The maximum absolute atomic E-state index is 12.8. The van der Waals surface area contributed by atoms with E-state index in [2.05, 4.69) is 24.2 Å². The van der Waals surface area contributed by atoms with E-state index in [1.54, 1.807) is 0 Å². The molecule has 1 fully saturated rings. The van der Waals surface area contributed by atoms with E-state index in [0.29, 0.717) is 51.8 Å². The monoisotopic (exact) mass is 386 g/mol. The Morgan fingerprint density at radius 1 is 1.25 bits per heavy atom. The van der Waals surface area contributed by atoms with Crippen LogP contribution in [0.25, 0.3) is 0 Å². The molecule has 0 bridgehead atoms. The van der Waals surface area contributed by atoms with Gasteiger partial charge in [-0.25, -0.2) is 0 Å². The standard InChI is InChI=1S/C22H30N2O4/c1-4-20(25)24-12-10-22(11-13-24,21(26)27-5-2)15-17-14-19(23-28-17)18-9-7-6-8-16(18)3/h6-9,17H,4-5,10-15H2,1-3H3/t17-/m1/s1. The molecule has 1 aromatic rings. The van der Waals surface area contributed by atoms with E-state index in [9.17, 15) is 9.59 Å². The zero-order chi connectivity index (χ0) is 20.1. The maximum atomic E-state index is 12.8. The second-order valence-electron chi connectivity index (χ2n) is 7.72. The average Bonchev–Trinajstić information content (AvgIpc) is 3.16. The Morgan fingerprint density at radius 3 is 2.61 bits per heavy atom. The highest BCUT2D eigenvalue weighted by atomic mass is 16.6. The Morgan fingerprint density at radius 2 is 1.96 bits per heavy atom. The van der Waals surface area contributed by atoms with E-state index in [4.69, 9.17) is 9.57 Å². The van der Waals surface area contributed by atoms with Crippen molar-refractivity contribution in [1.82, 2.24) is 4.90 Å². The average molecular weight is 386 g/mol. The van der Waals surface area contributed by atoms with Crippen LogP contribution in [0.1, 0.15) is 57.1 Å². The van der Waals surface area contributed by atoms with Crippen LogP contribution in [-0.4, -0.2) is 48.3 Å². The van der Waals surface area contributed by atoms with Crippen LogP contribution in [0.15, 0.2) is 29.4 Å². The van der Waals surface area contributed by atoms with Gasteiger partial charge in [0.15, 0.2) is 0 Å². The molecule has 0 aromatic heterocycles. The summed E-state index contributed by atoms with van der Waals surface area (Å²) in [4.78, 5) is 32.4. The minimum Gasteiger partial charge on any atom is -0.466 e. The molecule has 1 atom stereocenters. The minimum absolute atomic E-state index is 0.139. The summed E-state index contributed by atoms with van der Waals surface area (Å²) in [6.45, 7) is 7.28. The molecule has 0 aliphatic carbocycles. The van der Waals surface area contributed by atoms with Gasteiger partial charge in [-0.3, -0.25) is 9.59 Å². The number of hydrogen-bond acceptors (Lipinski definition) is 5. The van der Waals surface area contributed by atoms with Crippen LogP contribution < -0.4 is 0 Å². The lowest BCUT2D eigenvalue weighted by Gasteiger charge is -2.40. The van der Waals surface area contributed by atoms with Gasteiger partial charge in [-0.05, 0) is 32.3 Å². The first kappa shape index (κ1) is 20.4. The highest BCUT2D eigenvalue weighted by Crippen LogP contribution is 2.40. The number of piperidine rings is 1. The summed E-state index contributed by atoms with van der Waals surface area (Å²) in [5.41, 5.74) is 2.58. The van der Waals surface area contributed by atoms with Gasteiger partial charge in [-0.15, -0.1) is 0 Å². The number of ether oxygens (including phenoxy) is 1. The van der Waals surface area contributed by atoms with Crippen molar-refractivity contribution in [2.45, 2.75) is 59.0 Å². The molecule has 2 aliphatic heterocycles. The van der Waals surface area contributed by atoms with Crippen LogP contribution in [0, 0.1) is 12.3 Å². The molecule has 0 spiro atoms. The SMILES string of the molecule is CCOC(=O)C1(C[C@H]2CC(c3ccccc3C)=NO2)CCN(C(=O)CC)CC1. The smallest absolute Gasteiger partial charge is 0.312 e. The first-order chi connectivity index (χ1) is 13.5. The van der Waals surface area contributed by atoms with Crippen molar-refractivity contribution in [1.29, 1.82) is 0 Å². The third-order valence-electron chi connectivity index (χ3n) is 5.89. The zero-order valence-electron chi connectivity index (χ0n) is 17.1. The van der Waals surface area contributed by atoms with Gasteiger partial charge in [0.25, 0.3) is 0 Å². The molecule has 0 N–H and O–H groups in total. The van der Waals surface area contributed by atoms with E-state index in [1.165, 1.54) is 0 Å². The normalized spacial score (nSPS) is 21.0. The van der Waals surface area contributed by atoms with Crippen LogP contribution in [0.2, 0.25) is 0 Å².